The largest absolute Gasteiger partial charge is 0.486 e. The van der Waals surface area contributed by atoms with Crippen molar-refractivity contribution in [3.05, 3.63) is 18.2 Å². The van der Waals surface area contributed by atoms with E-state index < -0.39 is 11.6 Å². The molecule has 1 aromatic rings. The minimum Gasteiger partial charge on any atom is -0.486 e. The zero-order chi connectivity index (χ0) is 13.9. The van der Waals surface area contributed by atoms with Crippen molar-refractivity contribution in [2.45, 2.75) is 12.5 Å². The van der Waals surface area contributed by atoms with Crippen molar-refractivity contribution in [2.75, 3.05) is 32.2 Å². The Hall–Kier alpha value is -1.95. The van der Waals surface area contributed by atoms with Gasteiger partial charge in [0, 0.05) is 11.8 Å². The highest BCUT2D eigenvalue weighted by Crippen LogP contribution is 2.32. The number of carbonyl (C=O) groups is 1. The van der Waals surface area contributed by atoms with Gasteiger partial charge in [0.25, 0.3) is 0 Å². The van der Waals surface area contributed by atoms with E-state index in [1.54, 1.807) is 18.2 Å². The Kier molecular flexibility index (Phi) is 3.80. The minimum absolute atomic E-state index is 0.0410. The lowest BCUT2D eigenvalue weighted by Gasteiger charge is -2.22. The second-order valence-corrected chi connectivity index (χ2v) is 4.48. The van der Waals surface area contributed by atoms with Crippen LogP contribution in [0.1, 0.15) is 6.92 Å². The number of fused-ring (bicyclic) bond motifs is 1. The van der Waals surface area contributed by atoms with Gasteiger partial charge in [0.2, 0.25) is 0 Å². The Morgan fingerprint density at radius 3 is 2.79 bits per heavy atom. The molecule has 6 heteroatoms. The molecule has 0 bridgehead atoms. The van der Waals surface area contributed by atoms with E-state index in [2.05, 4.69) is 10.1 Å². The number of hydrogen-bond acceptors (Lipinski definition) is 6. The molecule has 1 unspecified atom stereocenters. The Bertz CT molecular complexity index is 472. The van der Waals surface area contributed by atoms with Gasteiger partial charge in [-0.1, -0.05) is 0 Å². The molecule has 19 heavy (non-hydrogen) atoms. The summed E-state index contributed by atoms with van der Waals surface area (Å²) in [5, 5.41) is 12.9. The van der Waals surface area contributed by atoms with Gasteiger partial charge >= 0.3 is 5.97 Å². The predicted octanol–water partition coefficient (Wildman–Crippen LogP) is 0.794. The van der Waals surface area contributed by atoms with Crippen molar-refractivity contribution in [3.8, 4) is 11.5 Å². The normalized spacial score (nSPS) is 16.4. The molecule has 1 aliphatic heterocycles. The Labute approximate surface area is 111 Å². The first-order valence-corrected chi connectivity index (χ1v) is 5.97. The zero-order valence-electron chi connectivity index (χ0n) is 10.9. The third-order valence-corrected chi connectivity index (χ3v) is 2.80. The number of hydrogen-bond donors (Lipinski definition) is 2. The van der Waals surface area contributed by atoms with Crippen molar-refractivity contribution < 1.29 is 24.1 Å². The number of methoxy groups -OCH3 is 1. The fourth-order valence-corrected chi connectivity index (χ4v) is 1.72. The van der Waals surface area contributed by atoms with Crippen LogP contribution in [0.5, 0.6) is 11.5 Å². The third-order valence-electron chi connectivity index (χ3n) is 2.80. The molecule has 0 amide bonds. The van der Waals surface area contributed by atoms with Gasteiger partial charge in [0.15, 0.2) is 17.1 Å². The topological polar surface area (TPSA) is 77.0 Å². The van der Waals surface area contributed by atoms with Gasteiger partial charge in [0.1, 0.15) is 13.2 Å². The third kappa shape index (κ3) is 3.08. The van der Waals surface area contributed by atoms with Crippen molar-refractivity contribution >= 4 is 11.7 Å². The molecule has 0 saturated heterocycles. The van der Waals surface area contributed by atoms with Gasteiger partial charge in [-0.2, -0.15) is 0 Å². The molecular weight excluding hydrogens is 250 g/mol. The number of nitrogens with one attached hydrogen (secondary N) is 1. The lowest BCUT2D eigenvalue weighted by Crippen LogP contribution is -2.42. The molecule has 2 rings (SSSR count). The smallest absolute Gasteiger partial charge is 0.339 e. The zero-order valence-corrected chi connectivity index (χ0v) is 10.9. The predicted molar refractivity (Wildman–Crippen MR) is 68.6 cm³/mol. The molecule has 1 aromatic carbocycles. The number of aliphatic hydroxyl groups is 1. The standard InChI is InChI=1S/C13H17NO5/c1-13(16,12(15)17-2)8-14-9-3-4-10-11(7-9)19-6-5-18-10/h3-4,7,14,16H,5-6,8H2,1-2H3. The molecule has 6 nitrogen and oxygen atoms in total. The molecule has 0 fully saturated rings. The van der Waals surface area contributed by atoms with Crippen LogP contribution in [0.15, 0.2) is 18.2 Å². The fourth-order valence-electron chi connectivity index (χ4n) is 1.72. The van der Waals surface area contributed by atoms with Crippen LogP contribution >= 0.6 is 0 Å². The Morgan fingerprint density at radius 2 is 2.11 bits per heavy atom. The number of carbonyl (C=O) groups excluding carboxylic acids is 1. The number of ether oxygens (including phenoxy) is 3. The summed E-state index contributed by atoms with van der Waals surface area (Å²) in [5.41, 5.74) is -0.851. The molecular formula is C13H17NO5. The first-order chi connectivity index (χ1) is 9.03. The highest BCUT2D eigenvalue weighted by Gasteiger charge is 2.31. The van der Waals surface area contributed by atoms with Crippen molar-refractivity contribution in [2.24, 2.45) is 0 Å². The maximum Gasteiger partial charge on any atom is 0.339 e. The summed E-state index contributed by atoms with van der Waals surface area (Å²) in [6.07, 6.45) is 0. The number of benzene rings is 1. The number of esters is 1. The van der Waals surface area contributed by atoms with Gasteiger partial charge in [-0.25, -0.2) is 4.79 Å². The fraction of sp³-hybridized carbons (Fsp3) is 0.462. The summed E-state index contributed by atoms with van der Waals surface area (Å²) in [6.45, 7) is 2.48. The van der Waals surface area contributed by atoms with E-state index in [0.29, 0.717) is 24.7 Å². The van der Waals surface area contributed by atoms with E-state index in [0.717, 1.165) is 5.69 Å². The summed E-state index contributed by atoms with van der Waals surface area (Å²) in [4.78, 5) is 11.3. The Balaban J connectivity index is 2.02. The lowest BCUT2D eigenvalue weighted by atomic mass is 10.1. The first kappa shape index (κ1) is 13.5. The first-order valence-electron chi connectivity index (χ1n) is 5.97. The molecule has 2 N–H and O–H groups in total. The molecule has 0 spiro atoms. The molecule has 0 radical (unpaired) electrons. The van der Waals surface area contributed by atoms with Crippen LogP contribution < -0.4 is 14.8 Å². The molecule has 0 aromatic heterocycles. The molecule has 0 saturated carbocycles. The highest BCUT2D eigenvalue weighted by atomic mass is 16.6. The van der Waals surface area contributed by atoms with E-state index in [9.17, 15) is 9.90 Å². The van der Waals surface area contributed by atoms with Gasteiger partial charge in [-0.15, -0.1) is 0 Å². The summed E-state index contributed by atoms with van der Waals surface area (Å²) in [5.74, 6) is 0.656. The van der Waals surface area contributed by atoms with Gasteiger partial charge < -0.3 is 24.6 Å². The quantitative estimate of drug-likeness (QED) is 0.786. The van der Waals surface area contributed by atoms with Crippen LogP contribution in [0.2, 0.25) is 0 Å². The van der Waals surface area contributed by atoms with E-state index in [1.165, 1.54) is 14.0 Å². The van der Waals surface area contributed by atoms with Crippen LogP contribution in [-0.4, -0.2) is 43.5 Å². The van der Waals surface area contributed by atoms with Crippen molar-refractivity contribution in [1.82, 2.24) is 0 Å². The van der Waals surface area contributed by atoms with E-state index in [4.69, 9.17) is 9.47 Å². The molecule has 1 atom stereocenters. The number of anilines is 1. The second-order valence-electron chi connectivity index (χ2n) is 4.48. The minimum atomic E-state index is -1.58. The molecule has 0 aliphatic carbocycles. The summed E-state index contributed by atoms with van der Waals surface area (Å²) < 4.78 is 15.4. The van der Waals surface area contributed by atoms with Crippen LogP contribution in [-0.2, 0) is 9.53 Å². The highest BCUT2D eigenvalue weighted by molar-refractivity contribution is 5.79. The van der Waals surface area contributed by atoms with Gasteiger partial charge in [0.05, 0.1) is 13.7 Å². The second kappa shape index (κ2) is 5.36. The van der Waals surface area contributed by atoms with E-state index >= 15 is 0 Å². The van der Waals surface area contributed by atoms with E-state index in [1.807, 2.05) is 0 Å². The Morgan fingerprint density at radius 1 is 1.42 bits per heavy atom. The van der Waals surface area contributed by atoms with Gasteiger partial charge in [-0.3, -0.25) is 0 Å². The SMILES string of the molecule is COC(=O)C(C)(O)CNc1ccc2c(c1)OCCO2. The average molecular weight is 267 g/mol. The summed E-state index contributed by atoms with van der Waals surface area (Å²) in [7, 11) is 1.24. The molecule has 1 heterocycles. The monoisotopic (exact) mass is 267 g/mol. The van der Waals surface area contributed by atoms with Crippen LogP contribution in [0, 0.1) is 0 Å². The summed E-state index contributed by atoms with van der Waals surface area (Å²) in [6, 6.07) is 5.34. The van der Waals surface area contributed by atoms with E-state index in [-0.39, 0.29) is 6.54 Å². The summed E-state index contributed by atoms with van der Waals surface area (Å²) >= 11 is 0. The van der Waals surface area contributed by atoms with Gasteiger partial charge in [-0.05, 0) is 19.1 Å². The molecule has 104 valence electrons. The number of rotatable bonds is 4. The van der Waals surface area contributed by atoms with Crippen molar-refractivity contribution in [1.29, 1.82) is 0 Å². The maximum atomic E-state index is 11.3. The van der Waals surface area contributed by atoms with Crippen LogP contribution in [0.25, 0.3) is 0 Å². The average Bonchev–Trinajstić information content (AvgIpc) is 2.44. The van der Waals surface area contributed by atoms with Crippen LogP contribution in [0.4, 0.5) is 5.69 Å². The maximum absolute atomic E-state index is 11.3. The molecule has 1 aliphatic rings. The lowest BCUT2D eigenvalue weighted by molar-refractivity contribution is -0.158. The van der Waals surface area contributed by atoms with Crippen molar-refractivity contribution in [3.63, 3.8) is 0 Å². The van der Waals surface area contributed by atoms with Crippen LogP contribution in [0.3, 0.4) is 0 Å².